The molecule has 2 aromatic carbocycles. The van der Waals surface area contributed by atoms with Gasteiger partial charge in [0.2, 0.25) is 5.91 Å². The van der Waals surface area contributed by atoms with Crippen LogP contribution in [0.3, 0.4) is 0 Å². The van der Waals surface area contributed by atoms with Crippen molar-refractivity contribution in [2.75, 3.05) is 18.8 Å². The molecule has 1 saturated heterocycles. The highest BCUT2D eigenvalue weighted by Crippen LogP contribution is 2.32. The van der Waals surface area contributed by atoms with Crippen molar-refractivity contribution in [1.29, 1.82) is 0 Å². The summed E-state index contributed by atoms with van der Waals surface area (Å²) in [6.45, 7) is 0.175. The summed E-state index contributed by atoms with van der Waals surface area (Å²) in [7, 11) is 0. The maximum atomic E-state index is 13.8. The maximum Gasteiger partial charge on any atom is 0.293 e. The summed E-state index contributed by atoms with van der Waals surface area (Å²) in [4.78, 5) is 38.5. The molecule has 1 heterocycles. The normalized spacial score (nSPS) is 15.2. The lowest BCUT2D eigenvalue weighted by Gasteiger charge is -2.13. The largest absolute Gasteiger partial charge is 0.354 e. The van der Waals surface area contributed by atoms with E-state index < -0.39 is 17.0 Å². The molecule has 0 unspecified atom stereocenters. The molecule has 1 fully saturated rings. The fourth-order valence-corrected chi connectivity index (χ4v) is 4.41. The molecular weight excluding hydrogens is 435 g/mol. The predicted molar refractivity (Wildman–Crippen MR) is 114 cm³/mol. The Hall–Kier alpha value is -2.29. The number of imide groups is 1. The molecule has 1 aliphatic rings. The zero-order valence-electron chi connectivity index (χ0n) is 15.1. The number of halogens is 2. The maximum absolute atomic E-state index is 13.8. The highest BCUT2D eigenvalue weighted by molar-refractivity contribution is 8.18. The Kier molecular flexibility index (Phi) is 7.35. The van der Waals surface area contributed by atoms with Gasteiger partial charge in [-0.15, -0.1) is 11.8 Å². The molecule has 150 valence electrons. The molecule has 0 bridgehead atoms. The molecule has 1 aliphatic heterocycles. The molecule has 1 N–H and O–H groups in total. The Morgan fingerprint density at radius 2 is 1.90 bits per heavy atom. The first-order valence-electron chi connectivity index (χ1n) is 8.59. The van der Waals surface area contributed by atoms with Crippen LogP contribution in [-0.2, 0) is 9.59 Å². The van der Waals surface area contributed by atoms with Crippen LogP contribution in [0.2, 0.25) is 5.02 Å². The Labute approximate surface area is 180 Å². The topological polar surface area (TPSA) is 66.5 Å². The van der Waals surface area contributed by atoms with E-state index in [1.54, 1.807) is 18.2 Å². The van der Waals surface area contributed by atoms with Crippen molar-refractivity contribution in [1.82, 2.24) is 10.2 Å². The number of hydrogen-bond donors (Lipinski definition) is 1. The number of benzene rings is 2. The monoisotopic (exact) mass is 450 g/mol. The molecule has 0 spiro atoms. The van der Waals surface area contributed by atoms with Crippen LogP contribution in [0.5, 0.6) is 0 Å². The van der Waals surface area contributed by atoms with Crippen molar-refractivity contribution >= 4 is 58.3 Å². The van der Waals surface area contributed by atoms with Crippen molar-refractivity contribution in [3.8, 4) is 0 Å². The van der Waals surface area contributed by atoms with Crippen molar-refractivity contribution in [3.05, 3.63) is 69.8 Å². The molecule has 0 atom stereocenters. The Morgan fingerprint density at radius 1 is 1.17 bits per heavy atom. The van der Waals surface area contributed by atoms with Crippen molar-refractivity contribution in [3.63, 3.8) is 0 Å². The summed E-state index contributed by atoms with van der Waals surface area (Å²) < 4.78 is 13.8. The van der Waals surface area contributed by atoms with E-state index in [0.717, 1.165) is 21.6 Å². The van der Waals surface area contributed by atoms with E-state index >= 15 is 0 Å². The predicted octanol–water partition coefficient (Wildman–Crippen LogP) is 4.42. The molecule has 3 amide bonds. The molecule has 29 heavy (non-hydrogen) atoms. The molecule has 5 nitrogen and oxygen atoms in total. The summed E-state index contributed by atoms with van der Waals surface area (Å²) in [6, 6.07) is 13.2. The van der Waals surface area contributed by atoms with Crippen LogP contribution in [-0.4, -0.2) is 40.8 Å². The number of carbonyl (C=O) groups is 3. The smallest absolute Gasteiger partial charge is 0.293 e. The first kappa shape index (κ1) is 21.4. The third-order valence-electron chi connectivity index (χ3n) is 3.92. The van der Waals surface area contributed by atoms with Crippen molar-refractivity contribution in [2.24, 2.45) is 0 Å². The van der Waals surface area contributed by atoms with E-state index in [1.165, 1.54) is 30.0 Å². The first-order valence-corrected chi connectivity index (χ1v) is 10.8. The van der Waals surface area contributed by atoms with Crippen LogP contribution in [0.15, 0.2) is 58.3 Å². The lowest BCUT2D eigenvalue weighted by Crippen LogP contribution is -2.37. The minimum atomic E-state index is -0.497. The van der Waals surface area contributed by atoms with E-state index in [-0.39, 0.29) is 35.2 Å². The average Bonchev–Trinajstić information content (AvgIpc) is 2.96. The Morgan fingerprint density at radius 3 is 2.66 bits per heavy atom. The lowest BCUT2D eigenvalue weighted by atomic mass is 10.2. The van der Waals surface area contributed by atoms with Gasteiger partial charge in [0.05, 0.1) is 15.7 Å². The number of thioether (sulfide) groups is 2. The zero-order valence-corrected chi connectivity index (χ0v) is 17.5. The second kappa shape index (κ2) is 9.96. The molecule has 0 aliphatic carbocycles. The van der Waals surface area contributed by atoms with Gasteiger partial charge >= 0.3 is 0 Å². The average molecular weight is 451 g/mol. The lowest BCUT2D eigenvalue weighted by molar-refractivity contribution is -0.123. The van der Waals surface area contributed by atoms with Crippen molar-refractivity contribution < 1.29 is 18.8 Å². The van der Waals surface area contributed by atoms with E-state index in [1.807, 2.05) is 18.2 Å². The molecule has 0 radical (unpaired) electrons. The quantitative estimate of drug-likeness (QED) is 0.499. The van der Waals surface area contributed by atoms with Gasteiger partial charge in [0.15, 0.2) is 0 Å². The number of nitrogens with one attached hydrogen (secondary N) is 1. The molecule has 0 aromatic heterocycles. The molecule has 9 heteroatoms. The first-order chi connectivity index (χ1) is 14.0. The minimum absolute atomic E-state index is 0.0434. The highest BCUT2D eigenvalue weighted by atomic mass is 35.5. The SMILES string of the molecule is O=C(CSc1ccccc1Cl)NCCN1C(=O)S/C(=C\c2ccccc2F)C1=O. The van der Waals surface area contributed by atoms with E-state index in [0.29, 0.717) is 5.02 Å². The van der Waals surface area contributed by atoms with Gasteiger partial charge in [-0.2, -0.15) is 0 Å². The number of carbonyl (C=O) groups excluding carboxylic acids is 3. The van der Waals surface area contributed by atoms with Gasteiger partial charge in [-0.1, -0.05) is 41.9 Å². The third-order valence-corrected chi connectivity index (χ3v) is 6.34. The number of rotatable bonds is 7. The highest BCUT2D eigenvalue weighted by Gasteiger charge is 2.34. The molecule has 2 aromatic rings. The summed E-state index contributed by atoms with van der Waals surface area (Å²) in [6.07, 6.45) is 1.36. The summed E-state index contributed by atoms with van der Waals surface area (Å²) in [5.41, 5.74) is 0.239. The van der Waals surface area contributed by atoms with Crippen molar-refractivity contribution in [2.45, 2.75) is 4.90 Å². The third kappa shape index (κ3) is 5.62. The van der Waals surface area contributed by atoms with Gasteiger partial charge in [-0.05, 0) is 36.0 Å². The summed E-state index contributed by atoms with van der Waals surface area (Å²) in [5, 5.41) is 2.80. The van der Waals surface area contributed by atoms with Crippen LogP contribution in [0.25, 0.3) is 6.08 Å². The summed E-state index contributed by atoms with van der Waals surface area (Å²) in [5.74, 6) is -1.03. The second-order valence-electron chi connectivity index (χ2n) is 5.92. The van der Waals surface area contributed by atoms with Crippen LogP contribution < -0.4 is 5.32 Å². The molecule has 3 rings (SSSR count). The van der Waals surface area contributed by atoms with Gasteiger partial charge < -0.3 is 5.32 Å². The molecular formula is C20H16ClFN2O3S2. The van der Waals surface area contributed by atoms with Crippen LogP contribution in [0, 0.1) is 5.82 Å². The van der Waals surface area contributed by atoms with Gasteiger partial charge in [-0.25, -0.2) is 4.39 Å². The van der Waals surface area contributed by atoms with Crippen LogP contribution in [0.4, 0.5) is 9.18 Å². The van der Waals surface area contributed by atoms with Gasteiger partial charge in [0.1, 0.15) is 5.82 Å². The fraction of sp³-hybridized carbons (Fsp3) is 0.150. The second-order valence-corrected chi connectivity index (χ2v) is 8.34. The van der Waals surface area contributed by atoms with E-state index in [9.17, 15) is 18.8 Å². The molecule has 0 saturated carbocycles. The number of nitrogens with zero attached hydrogens (tertiary/aromatic N) is 1. The van der Waals surface area contributed by atoms with Gasteiger partial charge in [0.25, 0.3) is 11.1 Å². The van der Waals surface area contributed by atoms with E-state index in [2.05, 4.69) is 5.32 Å². The Balaban J connectivity index is 1.50. The van der Waals surface area contributed by atoms with Crippen LogP contribution in [0.1, 0.15) is 5.56 Å². The van der Waals surface area contributed by atoms with Gasteiger partial charge in [-0.3, -0.25) is 19.3 Å². The van der Waals surface area contributed by atoms with Crippen LogP contribution >= 0.6 is 35.1 Å². The Bertz CT molecular complexity index is 984. The van der Waals surface area contributed by atoms with Gasteiger partial charge in [0, 0.05) is 23.5 Å². The minimum Gasteiger partial charge on any atom is -0.354 e. The summed E-state index contributed by atoms with van der Waals surface area (Å²) >= 11 is 8.10. The standard InChI is InChI=1S/C20H16ClFN2O3S2/c21-14-6-2-4-8-16(14)28-12-18(25)23-9-10-24-19(26)17(29-20(24)27)11-13-5-1-3-7-15(13)22/h1-8,11H,9-10,12H2,(H,23,25)/b17-11-. The zero-order chi connectivity index (χ0) is 20.8. The number of hydrogen-bond acceptors (Lipinski definition) is 5. The number of amides is 3. The fourth-order valence-electron chi connectivity index (χ4n) is 2.49. The van der Waals surface area contributed by atoms with E-state index in [4.69, 9.17) is 11.6 Å².